The quantitative estimate of drug-likeness (QED) is 0.240. The number of furan rings is 1. The smallest absolute Gasteiger partial charge is 0.220 e. The van der Waals surface area contributed by atoms with Crippen molar-refractivity contribution >= 4 is 33.7 Å². The SMILES string of the molecule is N=C(OC(=N)C1CCCN(Cc2ccncn2)C1)c1ccc2[nH]nc(-c3ccc4occc4c3)c2c1. The van der Waals surface area contributed by atoms with Crippen LogP contribution in [0.15, 0.2) is 71.7 Å². The Morgan fingerprint density at radius 1 is 1.14 bits per heavy atom. The molecule has 0 amide bonds. The highest BCUT2D eigenvalue weighted by Crippen LogP contribution is 2.30. The summed E-state index contributed by atoms with van der Waals surface area (Å²) < 4.78 is 11.2. The molecule has 1 fully saturated rings. The molecule has 36 heavy (non-hydrogen) atoms. The molecule has 5 aromatic rings. The standard InChI is InChI=1S/C27H25N7O2/c28-26(36-27(29)20-2-1-10-34(14-20)15-21-7-9-30-16-31-21)19-3-5-23-22(13-19)25(33-32-23)18-4-6-24-17(12-18)8-11-35-24/h3-9,11-13,16,20,28-29H,1-2,10,14-15H2,(H,32,33). The minimum Gasteiger partial charge on any atom is -0.464 e. The topological polar surface area (TPSA) is 128 Å². The van der Waals surface area contributed by atoms with Crippen molar-refractivity contribution in [2.45, 2.75) is 19.4 Å². The molecule has 180 valence electrons. The van der Waals surface area contributed by atoms with Crippen LogP contribution in [0.2, 0.25) is 0 Å². The van der Waals surface area contributed by atoms with Crippen LogP contribution >= 0.6 is 0 Å². The van der Waals surface area contributed by atoms with Crippen LogP contribution in [0.1, 0.15) is 24.1 Å². The van der Waals surface area contributed by atoms with Crippen molar-refractivity contribution in [2.24, 2.45) is 5.92 Å². The Morgan fingerprint density at radius 2 is 2.08 bits per heavy atom. The van der Waals surface area contributed by atoms with Crippen molar-refractivity contribution in [3.05, 3.63) is 78.6 Å². The van der Waals surface area contributed by atoms with Gasteiger partial charge in [0.1, 0.15) is 11.9 Å². The van der Waals surface area contributed by atoms with Crippen LogP contribution in [-0.4, -0.2) is 50.0 Å². The van der Waals surface area contributed by atoms with Gasteiger partial charge in [-0.1, -0.05) is 0 Å². The third kappa shape index (κ3) is 4.36. The number of fused-ring (bicyclic) bond motifs is 2. The zero-order chi connectivity index (χ0) is 24.5. The van der Waals surface area contributed by atoms with E-state index in [4.69, 9.17) is 20.0 Å². The summed E-state index contributed by atoms with van der Waals surface area (Å²) >= 11 is 0. The van der Waals surface area contributed by atoms with E-state index in [2.05, 4.69) is 25.1 Å². The molecule has 3 N–H and O–H groups in total. The number of rotatable bonds is 5. The Morgan fingerprint density at radius 3 is 2.97 bits per heavy atom. The summed E-state index contributed by atoms with van der Waals surface area (Å²) in [7, 11) is 0. The van der Waals surface area contributed by atoms with E-state index in [1.807, 2.05) is 48.5 Å². The lowest BCUT2D eigenvalue weighted by atomic mass is 9.97. The van der Waals surface area contributed by atoms with E-state index < -0.39 is 0 Å². The van der Waals surface area contributed by atoms with E-state index in [0.717, 1.165) is 58.2 Å². The Hall–Kier alpha value is -4.37. The average Bonchev–Trinajstić information content (AvgIpc) is 3.55. The number of nitrogens with one attached hydrogen (secondary N) is 3. The van der Waals surface area contributed by atoms with Gasteiger partial charge in [-0.15, -0.1) is 0 Å². The molecule has 1 unspecified atom stereocenters. The highest BCUT2D eigenvalue weighted by atomic mass is 16.5. The second-order valence-electron chi connectivity index (χ2n) is 9.08. The molecule has 1 saturated heterocycles. The zero-order valence-corrected chi connectivity index (χ0v) is 19.6. The third-order valence-electron chi connectivity index (χ3n) is 6.67. The monoisotopic (exact) mass is 479 g/mol. The first-order valence-electron chi connectivity index (χ1n) is 11.9. The van der Waals surface area contributed by atoms with E-state index in [9.17, 15) is 0 Å². The first-order valence-corrected chi connectivity index (χ1v) is 11.9. The lowest BCUT2D eigenvalue weighted by molar-refractivity contribution is 0.185. The molecule has 1 aliphatic rings. The van der Waals surface area contributed by atoms with Crippen molar-refractivity contribution in [3.63, 3.8) is 0 Å². The number of aromatic amines is 1. The normalized spacial score (nSPS) is 16.4. The molecule has 0 saturated carbocycles. The number of hydrogen-bond donors (Lipinski definition) is 3. The Bertz CT molecular complexity index is 1560. The predicted octanol–water partition coefficient (Wildman–Crippen LogP) is 5.00. The molecule has 9 nitrogen and oxygen atoms in total. The van der Waals surface area contributed by atoms with Gasteiger partial charge in [0, 0.05) is 47.1 Å². The van der Waals surface area contributed by atoms with Gasteiger partial charge < -0.3 is 9.15 Å². The van der Waals surface area contributed by atoms with Crippen LogP contribution in [0.3, 0.4) is 0 Å². The van der Waals surface area contributed by atoms with Crippen molar-refractivity contribution in [2.75, 3.05) is 13.1 Å². The second-order valence-corrected chi connectivity index (χ2v) is 9.08. The molecule has 1 aliphatic heterocycles. The fourth-order valence-electron chi connectivity index (χ4n) is 4.80. The number of benzene rings is 2. The van der Waals surface area contributed by atoms with E-state index in [1.54, 1.807) is 18.8 Å². The zero-order valence-electron chi connectivity index (χ0n) is 19.6. The molecular weight excluding hydrogens is 454 g/mol. The summed E-state index contributed by atoms with van der Waals surface area (Å²) in [6.07, 6.45) is 6.81. The van der Waals surface area contributed by atoms with Crippen molar-refractivity contribution in [3.8, 4) is 11.3 Å². The highest BCUT2D eigenvalue weighted by molar-refractivity contribution is 6.04. The number of hydrogen-bond acceptors (Lipinski definition) is 8. The lowest BCUT2D eigenvalue weighted by Gasteiger charge is -2.32. The summed E-state index contributed by atoms with van der Waals surface area (Å²) in [5.41, 5.74) is 5.02. The Labute approximate surface area is 207 Å². The molecule has 0 spiro atoms. The van der Waals surface area contributed by atoms with Crippen molar-refractivity contribution in [1.29, 1.82) is 10.8 Å². The highest BCUT2D eigenvalue weighted by Gasteiger charge is 2.26. The largest absolute Gasteiger partial charge is 0.464 e. The maximum atomic E-state index is 8.56. The van der Waals surface area contributed by atoms with Gasteiger partial charge >= 0.3 is 0 Å². The molecule has 6 rings (SSSR count). The molecule has 0 bridgehead atoms. The lowest BCUT2D eigenvalue weighted by Crippen LogP contribution is -2.39. The first kappa shape index (κ1) is 22.1. The van der Waals surface area contributed by atoms with Crippen LogP contribution in [0.4, 0.5) is 0 Å². The van der Waals surface area contributed by atoms with Crippen LogP contribution in [0.25, 0.3) is 33.1 Å². The molecule has 2 aromatic carbocycles. The van der Waals surface area contributed by atoms with Gasteiger partial charge in [0.15, 0.2) is 5.90 Å². The van der Waals surface area contributed by atoms with Gasteiger partial charge in [0.2, 0.25) is 5.90 Å². The summed E-state index contributed by atoms with van der Waals surface area (Å²) in [6.45, 7) is 2.38. The fourth-order valence-corrected chi connectivity index (χ4v) is 4.80. The van der Waals surface area contributed by atoms with E-state index in [1.165, 1.54) is 0 Å². The number of piperidine rings is 1. The van der Waals surface area contributed by atoms with Gasteiger partial charge in [-0.05, 0) is 67.9 Å². The first-order chi connectivity index (χ1) is 17.6. The minimum absolute atomic E-state index is 0.0349. The van der Waals surface area contributed by atoms with Crippen LogP contribution in [-0.2, 0) is 11.3 Å². The van der Waals surface area contributed by atoms with Gasteiger partial charge in [-0.3, -0.25) is 20.8 Å². The molecule has 9 heteroatoms. The number of H-pyrrole nitrogens is 1. The molecule has 0 aliphatic carbocycles. The van der Waals surface area contributed by atoms with E-state index >= 15 is 0 Å². The predicted molar refractivity (Wildman–Crippen MR) is 137 cm³/mol. The number of aromatic nitrogens is 4. The minimum atomic E-state index is -0.0594. The average molecular weight is 480 g/mol. The van der Waals surface area contributed by atoms with Crippen LogP contribution in [0.5, 0.6) is 0 Å². The van der Waals surface area contributed by atoms with Crippen molar-refractivity contribution < 1.29 is 9.15 Å². The Balaban J connectivity index is 1.17. The van der Waals surface area contributed by atoms with E-state index in [-0.39, 0.29) is 17.7 Å². The Kier molecular flexibility index (Phi) is 5.74. The maximum absolute atomic E-state index is 8.56. The number of ether oxygens (including phenoxy) is 1. The molecular formula is C27H25N7O2. The molecule has 0 radical (unpaired) electrons. The number of likely N-dealkylation sites (tertiary alicyclic amines) is 1. The third-order valence-corrected chi connectivity index (χ3v) is 6.67. The maximum Gasteiger partial charge on any atom is 0.220 e. The van der Waals surface area contributed by atoms with Gasteiger partial charge in [0.25, 0.3) is 0 Å². The second kappa shape index (κ2) is 9.35. The summed E-state index contributed by atoms with van der Waals surface area (Å²) in [5.74, 6) is 0.0356. The fraction of sp³-hybridized carbons (Fsp3) is 0.222. The number of nitrogens with zero attached hydrogens (tertiary/aromatic N) is 4. The summed E-state index contributed by atoms with van der Waals surface area (Å²) in [6, 6.07) is 15.4. The summed E-state index contributed by atoms with van der Waals surface area (Å²) in [4.78, 5) is 10.6. The van der Waals surface area contributed by atoms with Crippen molar-refractivity contribution in [1.82, 2.24) is 25.1 Å². The van der Waals surface area contributed by atoms with E-state index in [0.29, 0.717) is 18.7 Å². The van der Waals surface area contributed by atoms with Gasteiger partial charge in [-0.25, -0.2) is 9.97 Å². The van der Waals surface area contributed by atoms with Crippen LogP contribution < -0.4 is 0 Å². The van der Waals surface area contributed by atoms with Gasteiger partial charge in [-0.2, -0.15) is 5.10 Å². The van der Waals surface area contributed by atoms with Gasteiger partial charge in [0.05, 0.1) is 23.2 Å². The summed E-state index contributed by atoms with van der Waals surface area (Å²) in [5, 5.41) is 26.6. The molecule has 1 atom stereocenters. The molecule has 4 heterocycles. The van der Waals surface area contributed by atoms with Crippen LogP contribution in [0, 0.1) is 16.7 Å². The molecule has 3 aromatic heterocycles.